The molecule has 0 bridgehead atoms. The molecule has 4 rings (SSSR count). The fraction of sp³-hybridized carbons (Fsp3) is 0.286. The van der Waals surface area contributed by atoms with E-state index in [1.807, 2.05) is 0 Å². The van der Waals surface area contributed by atoms with Crippen LogP contribution in [0.25, 0.3) is 0 Å². The van der Waals surface area contributed by atoms with Gasteiger partial charge in [-0.15, -0.1) is 0 Å². The Morgan fingerprint density at radius 2 is 1.84 bits per heavy atom. The van der Waals surface area contributed by atoms with Gasteiger partial charge in [-0.2, -0.15) is 13.2 Å². The normalized spacial score (nSPS) is 18.5. The number of hydrogen-bond donors (Lipinski definition) is 1. The van der Waals surface area contributed by atoms with E-state index in [0.29, 0.717) is 18.7 Å². The van der Waals surface area contributed by atoms with Crippen molar-refractivity contribution in [3.05, 3.63) is 64.5 Å². The lowest BCUT2D eigenvalue weighted by Crippen LogP contribution is -2.36. The predicted octanol–water partition coefficient (Wildman–Crippen LogP) is 3.87. The Kier molecular flexibility index (Phi) is 5.26. The molecule has 2 aliphatic heterocycles. The van der Waals surface area contributed by atoms with E-state index in [-0.39, 0.29) is 35.0 Å². The number of halogens is 4. The Labute approximate surface area is 173 Å². The van der Waals surface area contributed by atoms with Crippen molar-refractivity contribution in [2.45, 2.75) is 25.1 Å². The molecule has 0 saturated carbocycles. The second-order valence-corrected chi connectivity index (χ2v) is 7.26. The first kappa shape index (κ1) is 21.0. The van der Waals surface area contributed by atoms with Gasteiger partial charge in [-0.25, -0.2) is 4.39 Å². The summed E-state index contributed by atoms with van der Waals surface area (Å²) in [7, 11) is 0. The number of fused-ring (bicyclic) bond motifs is 1. The third kappa shape index (κ3) is 4.02. The second-order valence-electron chi connectivity index (χ2n) is 7.26. The van der Waals surface area contributed by atoms with Gasteiger partial charge < -0.3 is 10.1 Å². The maximum atomic E-state index is 13.4. The molecule has 0 radical (unpaired) electrons. The first-order chi connectivity index (χ1) is 14.6. The summed E-state index contributed by atoms with van der Waals surface area (Å²) in [5.74, 6) is -3.32. The van der Waals surface area contributed by atoms with Crippen molar-refractivity contribution in [3.63, 3.8) is 0 Å². The van der Waals surface area contributed by atoms with E-state index in [0.717, 1.165) is 23.8 Å². The molecule has 1 unspecified atom stereocenters. The molecule has 6 nitrogen and oxygen atoms in total. The van der Waals surface area contributed by atoms with E-state index in [4.69, 9.17) is 4.74 Å². The van der Waals surface area contributed by atoms with Crippen molar-refractivity contribution < 1.29 is 36.7 Å². The first-order valence-electron chi connectivity index (χ1n) is 9.45. The van der Waals surface area contributed by atoms with Crippen LogP contribution >= 0.6 is 0 Å². The van der Waals surface area contributed by atoms with Crippen LogP contribution in [0.1, 0.15) is 49.5 Å². The molecule has 0 aliphatic carbocycles. The molecule has 3 amide bonds. The van der Waals surface area contributed by atoms with Gasteiger partial charge in [-0.3, -0.25) is 19.3 Å². The van der Waals surface area contributed by atoms with E-state index < -0.39 is 35.3 Å². The number of anilines is 1. The van der Waals surface area contributed by atoms with Crippen molar-refractivity contribution in [1.29, 1.82) is 0 Å². The summed E-state index contributed by atoms with van der Waals surface area (Å²) in [5, 5.41) is 2.25. The molecule has 2 aliphatic rings. The van der Waals surface area contributed by atoms with E-state index >= 15 is 0 Å². The molecule has 2 heterocycles. The predicted molar refractivity (Wildman–Crippen MR) is 100 cm³/mol. The number of ether oxygens (including phenoxy) is 1. The van der Waals surface area contributed by atoms with Gasteiger partial charge in [0.2, 0.25) is 0 Å². The SMILES string of the molecule is O=C(Nc1ccc(F)c(C(F)(F)F)c1)c1ccc2c(c1)C(=O)N(CC1CCCO1)C2=O. The number of rotatable bonds is 4. The molecule has 1 fully saturated rings. The van der Waals surface area contributed by atoms with Crippen molar-refractivity contribution in [2.24, 2.45) is 0 Å². The Morgan fingerprint density at radius 1 is 1.10 bits per heavy atom. The third-order valence-corrected chi connectivity index (χ3v) is 5.17. The number of amides is 3. The van der Waals surface area contributed by atoms with Crippen LogP contribution in [0.3, 0.4) is 0 Å². The number of imide groups is 1. The highest BCUT2D eigenvalue weighted by Crippen LogP contribution is 2.33. The van der Waals surface area contributed by atoms with Crippen LogP contribution < -0.4 is 5.32 Å². The topological polar surface area (TPSA) is 75.7 Å². The van der Waals surface area contributed by atoms with Gasteiger partial charge in [-0.05, 0) is 49.2 Å². The summed E-state index contributed by atoms with van der Waals surface area (Å²) in [5.41, 5.74) is -1.63. The zero-order valence-corrected chi connectivity index (χ0v) is 16.0. The lowest BCUT2D eigenvalue weighted by Gasteiger charge is -2.17. The molecule has 1 N–H and O–H groups in total. The molecule has 1 saturated heterocycles. The summed E-state index contributed by atoms with van der Waals surface area (Å²) in [6.45, 7) is 0.682. The molecule has 10 heteroatoms. The molecule has 162 valence electrons. The van der Waals surface area contributed by atoms with Crippen molar-refractivity contribution in [3.8, 4) is 0 Å². The van der Waals surface area contributed by atoms with Crippen LogP contribution in [0.2, 0.25) is 0 Å². The maximum absolute atomic E-state index is 13.4. The maximum Gasteiger partial charge on any atom is 0.419 e. The number of alkyl halides is 3. The summed E-state index contributed by atoms with van der Waals surface area (Å²) in [4.78, 5) is 38.8. The smallest absolute Gasteiger partial charge is 0.376 e. The standard InChI is InChI=1S/C21H16F4N2O4/c22-17-6-4-12(9-16(17)21(23,24)25)26-18(28)11-3-5-14-15(8-11)20(30)27(19(14)29)10-13-2-1-7-31-13/h3-6,8-9,13H,1-2,7,10H2,(H,26,28). The molecule has 0 aromatic heterocycles. The summed E-state index contributed by atoms with van der Waals surface area (Å²) < 4.78 is 57.5. The zero-order valence-electron chi connectivity index (χ0n) is 16.0. The average molecular weight is 436 g/mol. The number of carbonyl (C=O) groups is 3. The van der Waals surface area contributed by atoms with Crippen LogP contribution in [-0.4, -0.2) is 41.9 Å². The lowest BCUT2D eigenvalue weighted by molar-refractivity contribution is -0.139. The zero-order chi connectivity index (χ0) is 22.3. The highest BCUT2D eigenvalue weighted by molar-refractivity contribution is 6.22. The quantitative estimate of drug-likeness (QED) is 0.583. The average Bonchev–Trinajstić information content (AvgIpc) is 3.31. The molecular formula is C21H16F4N2O4. The molecule has 0 spiro atoms. The van der Waals surface area contributed by atoms with E-state index in [1.165, 1.54) is 18.2 Å². The van der Waals surface area contributed by atoms with E-state index in [9.17, 15) is 31.9 Å². The largest absolute Gasteiger partial charge is 0.419 e. The highest BCUT2D eigenvalue weighted by atomic mass is 19.4. The minimum Gasteiger partial charge on any atom is -0.376 e. The van der Waals surface area contributed by atoms with Gasteiger partial charge in [0.05, 0.1) is 29.3 Å². The Morgan fingerprint density at radius 3 is 2.52 bits per heavy atom. The van der Waals surface area contributed by atoms with Crippen LogP contribution in [-0.2, 0) is 10.9 Å². The Balaban J connectivity index is 1.54. The Bertz CT molecular complexity index is 1080. The van der Waals surface area contributed by atoms with Crippen molar-refractivity contribution in [1.82, 2.24) is 4.90 Å². The third-order valence-electron chi connectivity index (χ3n) is 5.17. The van der Waals surface area contributed by atoms with Crippen LogP contribution in [0, 0.1) is 5.82 Å². The van der Waals surface area contributed by atoms with E-state index in [1.54, 1.807) is 0 Å². The number of nitrogens with one attached hydrogen (secondary N) is 1. The molecule has 31 heavy (non-hydrogen) atoms. The van der Waals surface area contributed by atoms with E-state index in [2.05, 4.69) is 5.32 Å². The number of hydrogen-bond acceptors (Lipinski definition) is 4. The van der Waals surface area contributed by atoms with Gasteiger partial charge in [-0.1, -0.05) is 0 Å². The number of benzene rings is 2. The number of carbonyl (C=O) groups excluding carboxylic acids is 3. The van der Waals surface area contributed by atoms with Crippen LogP contribution in [0.5, 0.6) is 0 Å². The van der Waals surface area contributed by atoms with Gasteiger partial charge >= 0.3 is 6.18 Å². The monoisotopic (exact) mass is 436 g/mol. The van der Waals surface area contributed by atoms with Gasteiger partial charge in [0.15, 0.2) is 0 Å². The molecular weight excluding hydrogens is 420 g/mol. The second kappa shape index (κ2) is 7.77. The molecule has 2 aromatic rings. The summed E-state index contributed by atoms with van der Waals surface area (Å²) >= 11 is 0. The fourth-order valence-electron chi connectivity index (χ4n) is 3.61. The molecule has 2 aromatic carbocycles. The minimum absolute atomic E-state index is 0.0308. The van der Waals surface area contributed by atoms with Gasteiger partial charge in [0.25, 0.3) is 17.7 Å². The minimum atomic E-state index is -4.92. The summed E-state index contributed by atoms with van der Waals surface area (Å²) in [6.07, 6.45) is -3.57. The highest BCUT2D eigenvalue weighted by Gasteiger charge is 2.38. The Hall–Kier alpha value is -3.27. The van der Waals surface area contributed by atoms with Crippen molar-refractivity contribution in [2.75, 3.05) is 18.5 Å². The van der Waals surface area contributed by atoms with Crippen molar-refractivity contribution >= 4 is 23.4 Å². The number of nitrogens with zero attached hydrogens (tertiary/aromatic N) is 1. The first-order valence-corrected chi connectivity index (χ1v) is 9.45. The fourth-order valence-corrected chi connectivity index (χ4v) is 3.61. The van der Waals surface area contributed by atoms with Crippen LogP contribution in [0.4, 0.5) is 23.2 Å². The lowest BCUT2D eigenvalue weighted by atomic mass is 10.1. The van der Waals surface area contributed by atoms with Crippen LogP contribution in [0.15, 0.2) is 36.4 Å². The molecule has 1 atom stereocenters. The van der Waals surface area contributed by atoms with Gasteiger partial charge in [0.1, 0.15) is 5.82 Å². The van der Waals surface area contributed by atoms with Gasteiger partial charge in [0, 0.05) is 17.9 Å². The summed E-state index contributed by atoms with van der Waals surface area (Å²) in [6, 6.07) is 5.92.